The molecule has 10 nitrogen and oxygen atoms in total. The Labute approximate surface area is 255 Å². The normalized spacial score (nSPS) is 17.3. The molecule has 0 saturated carbocycles. The summed E-state index contributed by atoms with van der Waals surface area (Å²) >= 11 is 0. The summed E-state index contributed by atoms with van der Waals surface area (Å²) in [6.45, 7) is 6.50. The molecular formula is C30H36F3N5O5S. The first-order valence-electron chi connectivity index (χ1n) is 14.0. The van der Waals surface area contributed by atoms with Gasteiger partial charge in [0.05, 0.1) is 0 Å². The Hall–Kier alpha value is -3.75. The van der Waals surface area contributed by atoms with E-state index in [1.54, 1.807) is 11.0 Å². The van der Waals surface area contributed by atoms with Gasteiger partial charge in [-0.05, 0) is 87.8 Å². The summed E-state index contributed by atoms with van der Waals surface area (Å²) in [7, 11) is 0.0123. The molecule has 1 fully saturated rings. The molecule has 44 heavy (non-hydrogen) atoms. The minimum atomic E-state index is -4.86. The van der Waals surface area contributed by atoms with E-state index in [0.717, 1.165) is 39.9 Å². The number of anilines is 1. The number of ether oxygens (including phenoxy) is 1. The molecule has 2 aliphatic heterocycles. The van der Waals surface area contributed by atoms with Crippen molar-refractivity contribution in [3.8, 4) is 5.75 Å². The molecule has 2 amide bonds. The van der Waals surface area contributed by atoms with Gasteiger partial charge in [-0.25, -0.2) is 8.42 Å². The summed E-state index contributed by atoms with van der Waals surface area (Å²) in [6, 6.07) is 8.86. The number of rotatable bonds is 9. The van der Waals surface area contributed by atoms with Crippen molar-refractivity contribution in [3.05, 3.63) is 64.1 Å². The number of nitrogens with one attached hydrogen (secondary N) is 1. The SMILES string of the molecule is CC(=O)N(CCN(C)C)c1cc(C)c(C=CS(=O)(=O)N2CCC3(CC2)N=C(c2cccc(OC(F)(F)F)c2)NC3=O)c(C)c1. The van der Waals surface area contributed by atoms with Crippen LogP contribution in [-0.2, 0) is 19.6 Å². The second-order valence-corrected chi connectivity index (χ2v) is 13.1. The number of sulfonamides is 1. The molecule has 0 bridgehead atoms. The fraction of sp³-hybridized carbons (Fsp3) is 0.433. The summed E-state index contributed by atoms with van der Waals surface area (Å²) in [5.74, 6) is -0.853. The molecule has 14 heteroatoms. The quantitative estimate of drug-likeness (QED) is 0.449. The van der Waals surface area contributed by atoms with Gasteiger partial charge in [0.2, 0.25) is 15.9 Å². The van der Waals surface area contributed by atoms with Crippen molar-refractivity contribution in [3.63, 3.8) is 0 Å². The number of aryl methyl sites for hydroxylation is 2. The zero-order valence-corrected chi connectivity index (χ0v) is 26.1. The van der Waals surface area contributed by atoms with E-state index in [0.29, 0.717) is 13.1 Å². The van der Waals surface area contributed by atoms with Gasteiger partial charge in [-0.2, -0.15) is 4.31 Å². The maximum atomic E-state index is 13.3. The summed E-state index contributed by atoms with van der Waals surface area (Å²) in [6.07, 6.45) is -3.11. The fourth-order valence-corrected chi connectivity index (χ4v) is 6.49. The standard InChI is InChI=1S/C30H36F3N5O5S/c1-20-17-24(38(22(3)39)15-14-36(4)5)18-21(2)26(20)9-16-44(41,42)37-12-10-29(11-13-37)28(40)34-27(35-29)23-7-6-8-25(19-23)43-30(31,32)33/h6-9,16-19H,10-15H2,1-5H3,(H,34,35,40). The Morgan fingerprint density at radius 3 is 2.32 bits per heavy atom. The minimum absolute atomic E-state index is 0.0322. The zero-order chi connectivity index (χ0) is 32.4. The molecule has 238 valence electrons. The topological polar surface area (TPSA) is 112 Å². The predicted octanol–water partition coefficient (Wildman–Crippen LogP) is 3.83. The third-order valence-electron chi connectivity index (χ3n) is 7.68. The van der Waals surface area contributed by atoms with Crippen LogP contribution in [0.25, 0.3) is 6.08 Å². The van der Waals surface area contributed by atoms with E-state index in [1.807, 2.05) is 45.0 Å². The lowest BCUT2D eigenvalue weighted by atomic mass is 9.89. The van der Waals surface area contributed by atoms with Gasteiger partial charge in [-0.1, -0.05) is 12.1 Å². The fourth-order valence-electron chi connectivity index (χ4n) is 5.32. The molecule has 4 rings (SSSR count). The lowest BCUT2D eigenvalue weighted by Crippen LogP contribution is -2.50. The molecule has 1 saturated heterocycles. The Kier molecular flexibility index (Phi) is 9.57. The van der Waals surface area contributed by atoms with Crippen LogP contribution in [0.15, 0.2) is 46.8 Å². The van der Waals surface area contributed by atoms with Gasteiger partial charge in [-0.15, -0.1) is 13.2 Å². The number of alkyl halides is 3. The highest BCUT2D eigenvalue weighted by molar-refractivity contribution is 7.92. The molecule has 2 heterocycles. The number of likely N-dealkylation sites (N-methyl/N-ethyl adjacent to an activating group) is 1. The van der Waals surface area contributed by atoms with E-state index in [1.165, 1.54) is 23.4 Å². The molecule has 2 aromatic carbocycles. The molecule has 1 N–H and O–H groups in total. The summed E-state index contributed by atoms with van der Waals surface area (Å²) in [5, 5.41) is 3.77. The average Bonchev–Trinajstić information content (AvgIpc) is 3.22. The van der Waals surface area contributed by atoms with E-state index in [2.05, 4.69) is 15.0 Å². The monoisotopic (exact) mass is 635 g/mol. The molecular weight excluding hydrogens is 599 g/mol. The van der Waals surface area contributed by atoms with E-state index in [-0.39, 0.29) is 43.2 Å². The number of hydrogen-bond acceptors (Lipinski definition) is 7. The molecule has 2 aromatic rings. The number of nitrogens with zero attached hydrogens (tertiary/aromatic N) is 4. The van der Waals surface area contributed by atoms with Crippen molar-refractivity contribution in [2.24, 2.45) is 4.99 Å². The van der Waals surface area contributed by atoms with Gasteiger partial charge >= 0.3 is 6.36 Å². The van der Waals surface area contributed by atoms with Crippen molar-refractivity contribution >= 4 is 39.4 Å². The first kappa shape index (κ1) is 33.1. The number of carbonyl (C=O) groups excluding carboxylic acids is 2. The number of hydrogen-bond donors (Lipinski definition) is 1. The maximum Gasteiger partial charge on any atom is 0.573 e. The Morgan fingerprint density at radius 2 is 1.75 bits per heavy atom. The Morgan fingerprint density at radius 1 is 1.11 bits per heavy atom. The Bertz CT molecular complexity index is 1570. The first-order valence-corrected chi connectivity index (χ1v) is 15.5. The van der Waals surface area contributed by atoms with Crippen LogP contribution in [0.5, 0.6) is 5.75 Å². The van der Waals surface area contributed by atoms with Crippen LogP contribution in [0.4, 0.5) is 18.9 Å². The summed E-state index contributed by atoms with van der Waals surface area (Å²) < 4.78 is 69.7. The van der Waals surface area contributed by atoms with E-state index in [4.69, 9.17) is 0 Å². The predicted molar refractivity (Wildman–Crippen MR) is 162 cm³/mol. The van der Waals surface area contributed by atoms with Gasteiger partial charge in [0.1, 0.15) is 17.1 Å². The van der Waals surface area contributed by atoms with Crippen molar-refractivity contribution in [2.45, 2.75) is 45.5 Å². The highest BCUT2D eigenvalue weighted by atomic mass is 32.2. The van der Waals surface area contributed by atoms with E-state index >= 15 is 0 Å². The van der Waals surface area contributed by atoms with Crippen LogP contribution >= 0.6 is 0 Å². The molecule has 0 aliphatic carbocycles. The van der Waals surface area contributed by atoms with Gasteiger partial charge in [0.15, 0.2) is 0 Å². The van der Waals surface area contributed by atoms with Gasteiger partial charge in [0.25, 0.3) is 5.91 Å². The lowest BCUT2D eigenvalue weighted by Gasteiger charge is -2.34. The van der Waals surface area contributed by atoms with Gasteiger partial charge in [-0.3, -0.25) is 14.6 Å². The summed E-state index contributed by atoms with van der Waals surface area (Å²) in [5.41, 5.74) is 2.12. The van der Waals surface area contributed by atoms with Gasteiger partial charge in [0, 0.05) is 49.8 Å². The molecule has 1 spiro atoms. The molecule has 0 radical (unpaired) electrons. The smallest absolute Gasteiger partial charge is 0.406 e. The van der Waals surface area contributed by atoms with Crippen molar-refractivity contribution in [1.29, 1.82) is 0 Å². The van der Waals surface area contributed by atoms with Gasteiger partial charge < -0.3 is 19.9 Å². The maximum absolute atomic E-state index is 13.3. The number of benzene rings is 2. The van der Waals surface area contributed by atoms with Crippen LogP contribution in [0.3, 0.4) is 0 Å². The number of amides is 2. The third kappa shape index (κ3) is 7.66. The molecule has 0 atom stereocenters. The number of amidine groups is 1. The number of carbonyl (C=O) groups is 2. The van der Waals surface area contributed by atoms with Crippen LogP contribution in [0.2, 0.25) is 0 Å². The van der Waals surface area contributed by atoms with Crippen LogP contribution < -0.4 is 15.0 Å². The average molecular weight is 636 g/mol. The van der Waals surface area contributed by atoms with Crippen LogP contribution in [0, 0.1) is 13.8 Å². The second-order valence-electron chi connectivity index (χ2n) is 11.2. The van der Waals surface area contributed by atoms with Crippen molar-refractivity contribution in [1.82, 2.24) is 14.5 Å². The highest BCUT2D eigenvalue weighted by Crippen LogP contribution is 2.33. The second kappa shape index (κ2) is 12.7. The zero-order valence-electron chi connectivity index (χ0n) is 25.2. The lowest BCUT2D eigenvalue weighted by molar-refractivity contribution is -0.274. The molecule has 0 unspecified atom stereocenters. The first-order chi connectivity index (χ1) is 20.5. The third-order valence-corrected chi connectivity index (χ3v) is 9.24. The number of piperidine rings is 1. The number of aliphatic imine (C=N–C) groups is 1. The van der Waals surface area contributed by atoms with Crippen LogP contribution in [0.1, 0.15) is 42.0 Å². The van der Waals surface area contributed by atoms with Crippen molar-refractivity contribution < 1.29 is 35.9 Å². The van der Waals surface area contributed by atoms with E-state index < -0.39 is 33.6 Å². The molecule has 0 aromatic heterocycles. The summed E-state index contributed by atoms with van der Waals surface area (Å²) in [4.78, 5) is 33.4. The molecule has 2 aliphatic rings. The minimum Gasteiger partial charge on any atom is -0.406 e. The van der Waals surface area contributed by atoms with E-state index in [9.17, 15) is 31.2 Å². The highest BCUT2D eigenvalue weighted by Gasteiger charge is 2.47. The van der Waals surface area contributed by atoms with Crippen LogP contribution in [-0.4, -0.2) is 87.4 Å². The van der Waals surface area contributed by atoms with Crippen molar-refractivity contribution in [2.75, 3.05) is 45.2 Å². The number of halogens is 3. The largest absolute Gasteiger partial charge is 0.573 e. The Balaban J connectivity index is 1.47.